The van der Waals surface area contributed by atoms with Crippen LogP contribution in [0, 0.1) is 6.92 Å². The van der Waals surface area contributed by atoms with Gasteiger partial charge in [0.05, 0.1) is 31.0 Å². The molecule has 8 nitrogen and oxygen atoms in total. The van der Waals surface area contributed by atoms with Crippen molar-refractivity contribution in [1.82, 2.24) is 4.90 Å². The molecule has 1 fully saturated rings. The summed E-state index contributed by atoms with van der Waals surface area (Å²) in [5.41, 5.74) is 7.83. The van der Waals surface area contributed by atoms with Gasteiger partial charge >= 0.3 is 0 Å². The fourth-order valence-corrected chi connectivity index (χ4v) is 3.17. The minimum Gasteiger partial charge on any atom is -0.378 e. The highest BCUT2D eigenvalue weighted by molar-refractivity contribution is 6.10. The Morgan fingerprint density at radius 2 is 1.93 bits per heavy atom. The molecule has 0 radical (unpaired) electrons. The van der Waals surface area contributed by atoms with Crippen molar-refractivity contribution in [2.24, 2.45) is 5.73 Å². The molecular weight excluding hydrogens is 372 g/mol. The van der Waals surface area contributed by atoms with Gasteiger partial charge in [0.25, 0.3) is 5.91 Å². The molecule has 2 aromatic carbocycles. The van der Waals surface area contributed by atoms with E-state index in [4.69, 9.17) is 10.5 Å². The lowest BCUT2D eigenvalue weighted by Gasteiger charge is -2.32. The lowest BCUT2D eigenvalue weighted by molar-refractivity contribution is -0.131. The molecule has 4 N–H and O–H groups in total. The molecule has 152 valence electrons. The lowest BCUT2D eigenvalue weighted by atomic mass is 10.1. The Morgan fingerprint density at radius 3 is 2.69 bits per heavy atom. The van der Waals surface area contributed by atoms with Crippen molar-refractivity contribution in [2.75, 3.05) is 36.9 Å². The largest absolute Gasteiger partial charge is 0.378 e. The topological polar surface area (TPSA) is 114 Å². The molecule has 1 atom stereocenters. The van der Waals surface area contributed by atoms with Crippen LogP contribution < -0.4 is 16.4 Å². The van der Waals surface area contributed by atoms with E-state index in [2.05, 4.69) is 10.6 Å². The van der Waals surface area contributed by atoms with Crippen LogP contribution in [0.3, 0.4) is 0 Å². The number of amides is 3. The first-order valence-electron chi connectivity index (χ1n) is 9.32. The molecule has 8 heteroatoms. The van der Waals surface area contributed by atoms with Gasteiger partial charge in [0.2, 0.25) is 11.8 Å². The van der Waals surface area contributed by atoms with Crippen molar-refractivity contribution in [1.29, 1.82) is 0 Å². The number of primary amides is 1. The summed E-state index contributed by atoms with van der Waals surface area (Å²) in [6, 6.07) is 13.6. The smallest absolute Gasteiger partial charge is 0.257 e. The third-order valence-electron chi connectivity index (χ3n) is 4.64. The van der Waals surface area contributed by atoms with E-state index >= 15 is 0 Å². The summed E-state index contributed by atoms with van der Waals surface area (Å²) in [7, 11) is 0. The Bertz CT molecular complexity index is 915. The third kappa shape index (κ3) is 5.40. The molecule has 0 spiro atoms. The molecule has 0 saturated carbocycles. The van der Waals surface area contributed by atoms with Crippen LogP contribution in [0.1, 0.15) is 15.9 Å². The summed E-state index contributed by atoms with van der Waals surface area (Å²) in [5.74, 6) is -1.20. The Morgan fingerprint density at radius 1 is 1.14 bits per heavy atom. The van der Waals surface area contributed by atoms with Crippen molar-refractivity contribution >= 4 is 29.1 Å². The van der Waals surface area contributed by atoms with E-state index in [1.54, 1.807) is 35.2 Å². The van der Waals surface area contributed by atoms with Gasteiger partial charge in [-0.25, -0.2) is 0 Å². The Balaban J connectivity index is 1.69. The maximum atomic E-state index is 12.7. The zero-order valence-corrected chi connectivity index (χ0v) is 16.2. The van der Waals surface area contributed by atoms with Crippen molar-refractivity contribution in [3.8, 4) is 0 Å². The van der Waals surface area contributed by atoms with E-state index in [0.717, 1.165) is 5.56 Å². The first-order valence-corrected chi connectivity index (χ1v) is 9.32. The predicted octanol–water partition coefficient (Wildman–Crippen LogP) is 1.37. The summed E-state index contributed by atoms with van der Waals surface area (Å²) >= 11 is 0. The number of nitrogens with two attached hydrogens (primary N) is 1. The van der Waals surface area contributed by atoms with Crippen LogP contribution in [0.4, 0.5) is 11.4 Å². The highest BCUT2D eigenvalue weighted by atomic mass is 16.5. The summed E-state index contributed by atoms with van der Waals surface area (Å²) < 4.78 is 5.26. The molecule has 29 heavy (non-hydrogen) atoms. The number of nitrogens with zero attached hydrogens (tertiary/aromatic N) is 1. The molecule has 2 aromatic rings. The Kier molecular flexibility index (Phi) is 6.58. The Labute approximate surface area is 169 Å². The van der Waals surface area contributed by atoms with E-state index in [-0.39, 0.29) is 25.0 Å². The monoisotopic (exact) mass is 396 g/mol. The van der Waals surface area contributed by atoms with Crippen LogP contribution in [0.5, 0.6) is 0 Å². The number of hydrogen-bond donors (Lipinski definition) is 3. The van der Waals surface area contributed by atoms with Gasteiger partial charge in [-0.2, -0.15) is 0 Å². The van der Waals surface area contributed by atoms with E-state index < -0.39 is 11.9 Å². The Hall–Kier alpha value is -3.23. The van der Waals surface area contributed by atoms with Gasteiger partial charge < -0.3 is 21.1 Å². The normalized spacial score (nSPS) is 16.8. The number of ether oxygens (including phenoxy) is 1. The third-order valence-corrected chi connectivity index (χ3v) is 4.64. The van der Waals surface area contributed by atoms with Crippen molar-refractivity contribution < 1.29 is 19.1 Å². The number of para-hydroxylation sites is 1. The average molecular weight is 396 g/mol. The minimum atomic E-state index is -0.644. The average Bonchev–Trinajstić information content (AvgIpc) is 2.68. The zero-order chi connectivity index (χ0) is 20.8. The number of nitrogens with one attached hydrogen (secondary N) is 2. The minimum absolute atomic E-state index is 0.0230. The molecular formula is C21H24N4O4. The van der Waals surface area contributed by atoms with Gasteiger partial charge in [0.1, 0.15) is 6.04 Å². The maximum absolute atomic E-state index is 12.7. The molecule has 0 aliphatic carbocycles. The van der Waals surface area contributed by atoms with Gasteiger partial charge in [-0.3, -0.25) is 19.3 Å². The number of hydrogen-bond acceptors (Lipinski definition) is 5. The number of benzene rings is 2. The highest BCUT2D eigenvalue weighted by Gasteiger charge is 2.29. The van der Waals surface area contributed by atoms with E-state index in [1.807, 2.05) is 25.1 Å². The second-order valence-electron chi connectivity index (χ2n) is 6.88. The fourth-order valence-electron chi connectivity index (χ4n) is 3.17. The summed E-state index contributed by atoms with van der Waals surface area (Å²) in [4.78, 5) is 38.5. The number of carbonyl (C=O) groups excluding carboxylic acids is 3. The first kappa shape index (κ1) is 20.5. The maximum Gasteiger partial charge on any atom is 0.257 e. The standard InChI is InChI=1S/C21H24N4O4/c1-14-5-4-6-15(11-14)23-21(28)16-7-2-3-8-17(16)24-19(26)12-25-9-10-29-13-18(25)20(22)27/h2-8,11,18H,9-10,12-13H2,1H3,(H2,22,27)(H,23,28)(H,24,26). The number of carbonyl (C=O) groups is 3. The second kappa shape index (κ2) is 9.31. The van der Waals surface area contributed by atoms with Gasteiger partial charge in [0.15, 0.2) is 0 Å². The summed E-state index contributed by atoms with van der Waals surface area (Å²) in [6.45, 7) is 2.93. The van der Waals surface area contributed by atoms with Gasteiger partial charge in [0, 0.05) is 12.2 Å². The van der Waals surface area contributed by atoms with Crippen molar-refractivity contribution in [2.45, 2.75) is 13.0 Å². The highest BCUT2D eigenvalue weighted by Crippen LogP contribution is 2.18. The van der Waals surface area contributed by atoms with Crippen LogP contribution in [-0.4, -0.2) is 55.0 Å². The molecule has 1 saturated heterocycles. The van der Waals surface area contributed by atoms with Gasteiger partial charge in [-0.1, -0.05) is 24.3 Å². The van der Waals surface area contributed by atoms with Gasteiger partial charge in [-0.05, 0) is 36.8 Å². The van der Waals surface area contributed by atoms with E-state index in [9.17, 15) is 14.4 Å². The van der Waals surface area contributed by atoms with Crippen molar-refractivity contribution in [3.05, 3.63) is 59.7 Å². The molecule has 3 rings (SSSR count). The van der Waals surface area contributed by atoms with Crippen LogP contribution >= 0.6 is 0 Å². The summed E-state index contributed by atoms with van der Waals surface area (Å²) in [5, 5.41) is 5.60. The quantitative estimate of drug-likeness (QED) is 0.682. The van der Waals surface area contributed by atoms with Crippen LogP contribution in [0.25, 0.3) is 0 Å². The fraction of sp³-hybridized carbons (Fsp3) is 0.286. The molecule has 0 bridgehead atoms. The number of aryl methyl sites for hydroxylation is 1. The van der Waals surface area contributed by atoms with Crippen LogP contribution in [0.15, 0.2) is 48.5 Å². The van der Waals surface area contributed by atoms with Crippen LogP contribution in [0.2, 0.25) is 0 Å². The molecule has 1 heterocycles. The molecule has 3 amide bonds. The van der Waals surface area contributed by atoms with E-state index in [1.165, 1.54) is 0 Å². The zero-order valence-electron chi connectivity index (χ0n) is 16.2. The summed E-state index contributed by atoms with van der Waals surface area (Å²) in [6.07, 6.45) is 0. The first-order chi connectivity index (χ1) is 13.9. The second-order valence-corrected chi connectivity index (χ2v) is 6.88. The lowest BCUT2D eigenvalue weighted by Crippen LogP contribution is -2.54. The SMILES string of the molecule is Cc1cccc(NC(=O)c2ccccc2NC(=O)CN2CCOCC2C(N)=O)c1. The molecule has 1 aliphatic rings. The number of anilines is 2. The van der Waals surface area contributed by atoms with Crippen molar-refractivity contribution in [3.63, 3.8) is 0 Å². The number of rotatable bonds is 6. The predicted molar refractivity (Wildman–Crippen MR) is 110 cm³/mol. The molecule has 0 aromatic heterocycles. The molecule has 1 unspecified atom stereocenters. The van der Waals surface area contributed by atoms with Gasteiger partial charge in [-0.15, -0.1) is 0 Å². The number of morpholine rings is 1. The van der Waals surface area contributed by atoms with E-state index in [0.29, 0.717) is 30.1 Å². The van der Waals surface area contributed by atoms with Crippen LogP contribution in [-0.2, 0) is 14.3 Å². The molecule has 1 aliphatic heterocycles.